The lowest BCUT2D eigenvalue weighted by atomic mass is 9.98. The van der Waals surface area contributed by atoms with Crippen molar-refractivity contribution in [1.82, 2.24) is 5.32 Å². The molecule has 0 bridgehead atoms. The molecule has 0 aliphatic carbocycles. The molecule has 1 rings (SSSR count). The Balaban J connectivity index is 2.71. The molecule has 1 amide bonds. The Morgan fingerprint density at radius 1 is 1.08 bits per heavy atom. The van der Waals surface area contributed by atoms with Gasteiger partial charge in [0.15, 0.2) is 0 Å². The Morgan fingerprint density at radius 2 is 1.69 bits per heavy atom. The molecule has 6 nitrogen and oxygen atoms in total. The number of aryl methyl sites for hydroxylation is 1. The Morgan fingerprint density at radius 3 is 2.27 bits per heavy atom. The Hall–Kier alpha value is -2.51. The van der Waals surface area contributed by atoms with Crippen molar-refractivity contribution >= 4 is 17.8 Å². The fourth-order valence-electron chi connectivity index (χ4n) is 2.18. The van der Waals surface area contributed by atoms with Gasteiger partial charge in [0.1, 0.15) is 5.92 Å². The molecule has 0 saturated carbocycles. The maximum absolute atomic E-state index is 13.6. The van der Waals surface area contributed by atoms with Crippen molar-refractivity contribution in [1.29, 1.82) is 0 Å². The van der Waals surface area contributed by atoms with Gasteiger partial charge in [0.25, 0.3) is 0 Å². The van der Waals surface area contributed by atoms with E-state index in [0.717, 1.165) is 5.56 Å². The van der Waals surface area contributed by atoms with Crippen molar-refractivity contribution in [3.63, 3.8) is 0 Å². The number of nitrogens with one attached hydrogen (secondary N) is 1. The molecule has 26 heavy (non-hydrogen) atoms. The number of hydrogen-bond acceptors (Lipinski definition) is 5. The van der Waals surface area contributed by atoms with Crippen LogP contribution in [0.25, 0.3) is 0 Å². The van der Waals surface area contributed by atoms with Crippen molar-refractivity contribution in [3.05, 3.63) is 35.9 Å². The minimum absolute atomic E-state index is 0.0624. The lowest BCUT2D eigenvalue weighted by Crippen LogP contribution is -2.46. The molecule has 1 unspecified atom stereocenters. The van der Waals surface area contributed by atoms with E-state index in [2.05, 4.69) is 4.74 Å². The van der Waals surface area contributed by atoms with Gasteiger partial charge in [-0.05, 0) is 32.3 Å². The predicted molar refractivity (Wildman–Crippen MR) is 89.5 cm³/mol. The maximum atomic E-state index is 13.6. The maximum Gasteiger partial charge on any atom is 0.378 e. The van der Waals surface area contributed by atoms with Crippen LogP contribution < -0.4 is 5.32 Å². The first-order valence-corrected chi connectivity index (χ1v) is 8.35. The Labute approximate surface area is 150 Å². The van der Waals surface area contributed by atoms with Gasteiger partial charge in [-0.3, -0.25) is 9.59 Å². The zero-order valence-corrected chi connectivity index (χ0v) is 14.8. The number of esters is 2. The summed E-state index contributed by atoms with van der Waals surface area (Å²) < 4.78 is 36.4. The summed E-state index contributed by atoms with van der Waals surface area (Å²) >= 11 is 0. The summed E-state index contributed by atoms with van der Waals surface area (Å²) in [4.78, 5) is 35.4. The van der Waals surface area contributed by atoms with E-state index in [0.29, 0.717) is 6.42 Å². The predicted octanol–water partition coefficient (Wildman–Crippen LogP) is 2.11. The van der Waals surface area contributed by atoms with Crippen LogP contribution in [0.1, 0.15) is 25.8 Å². The highest BCUT2D eigenvalue weighted by molar-refractivity contribution is 5.98. The summed E-state index contributed by atoms with van der Waals surface area (Å²) in [5.74, 6) is -8.54. The molecule has 0 heterocycles. The quantitative estimate of drug-likeness (QED) is 0.503. The fourth-order valence-corrected chi connectivity index (χ4v) is 2.18. The number of halogens is 2. The van der Waals surface area contributed by atoms with Crippen LogP contribution in [0.2, 0.25) is 0 Å². The molecule has 0 radical (unpaired) electrons. The third kappa shape index (κ3) is 6.78. The molecule has 0 aliphatic heterocycles. The topological polar surface area (TPSA) is 81.7 Å². The second kappa shape index (κ2) is 10.5. The first-order chi connectivity index (χ1) is 12.3. The molecular weight excluding hydrogens is 348 g/mol. The van der Waals surface area contributed by atoms with E-state index < -0.39 is 36.2 Å². The van der Waals surface area contributed by atoms with Crippen LogP contribution >= 0.6 is 0 Å². The molecule has 0 aromatic heterocycles. The van der Waals surface area contributed by atoms with Gasteiger partial charge in [-0.25, -0.2) is 4.79 Å². The van der Waals surface area contributed by atoms with Crippen LogP contribution in [-0.4, -0.2) is 43.5 Å². The summed E-state index contributed by atoms with van der Waals surface area (Å²) in [6.07, 6.45) is 0.492. The number of hydrogen-bond donors (Lipinski definition) is 1. The van der Waals surface area contributed by atoms with Crippen molar-refractivity contribution in [2.45, 2.75) is 32.6 Å². The molecule has 0 spiro atoms. The van der Waals surface area contributed by atoms with Gasteiger partial charge in [-0.1, -0.05) is 30.3 Å². The van der Waals surface area contributed by atoms with Crippen LogP contribution in [0.15, 0.2) is 30.3 Å². The van der Waals surface area contributed by atoms with Crippen molar-refractivity contribution in [2.24, 2.45) is 5.92 Å². The van der Waals surface area contributed by atoms with E-state index in [1.807, 2.05) is 35.6 Å². The summed E-state index contributed by atoms with van der Waals surface area (Å²) in [5, 5.41) is 1.95. The van der Waals surface area contributed by atoms with Crippen LogP contribution in [0.5, 0.6) is 0 Å². The third-order valence-electron chi connectivity index (χ3n) is 3.51. The molecule has 1 aromatic rings. The minimum Gasteiger partial charge on any atom is -0.465 e. The second-order valence-corrected chi connectivity index (χ2v) is 5.47. The number of alkyl halides is 2. The first kappa shape index (κ1) is 21.5. The summed E-state index contributed by atoms with van der Waals surface area (Å²) in [6, 6.07) is 9.11. The van der Waals surface area contributed by atoms with Gasteiger partial charge < -0.3 is 14.8 Å². The van der Waals surface area contributed by atoms with Gasteiger partial charge in [-0.15, -0.1) is 0 Å². The smallest absolute Gasteiger partial charge is 0.378 e. The average molecular weight is 371 g/mol. The molecule has 0 saturated heterocycles. The van der Waals surface area contributed by atoms with Crippen LogP contribution in [-0.2, 0) is 30.3 Å². The number of carbonyl (C=O) groups excluding carboxylic acids is 3. The van der Waals surface area contributed by atoms with E-state index in [-0.39, 0.29) is 19.6 Å². The van der Waals surface area contributed by atoms with Crippen LogP contribution in [0.4, 0.5) is 8.78 Å². The molecule has 1 atom stereocenters. The molecule has 0 fully saturated rings. The van der Waals surface area contributed by atoms with Crippen molar-refractivity contribution < 1.29 is 32.6 Å². The lowest BCUT2D eigenvalue weighted by molar-refractivity contribution is -0.171. The molecule has 1 N–H and O–H groups in total. The van der Waals surface area contributed by atoms with Gasteiger partial charge in [0.2, 0.25) is 5.91 Å². The van der Waals surface area contributed by atoms with E-state index in [9.17, 15) is 23.2 Å². The summed E-state index contributed by atoms with van der Waals surface area (Å²) in [6.45, 7) is 1.59. The second-order valence-electron chi connectivity index (χ2n) is 5.47. The number of carbonyl (C=O) groups is 3. The molecular formula is C18H23F2NO5. The standard InChI is InChI=1S/C18H23F2NO5/c1-3-25-16(23)14(11-10-13-8-6-5-7-9-13)15(22)21-12-18(19,20)17(24)26-4-2/h5-9,14H,3-4,10-12H2,1-2H3,(H,21,22). The Bertz CT molecular complexity index is 607. The molecule has 8 heteroatoms. The highest BCUT2D eigenvalue weighted by Gasteiger charge is 2.41. The normalized spacial score (nSPS) is 12.2. The van der Waals surface area contributed by atoms with Gasteiger partial charge in [0, 0.05) is 0 Å². The number of amides is 1. The fraction of sp³-hybridized carbons (Fsp3) is 0.500. The molecule has 0 aliphatic rings. The van der Waals surface area contributed by atoms with Crippen LogP contribution in [0.3, 0.4) is 0 Å². The summed E-state index contributed by atoms with van der Waals surface area (Å²) in [5.41, 5.74) is 0.895. The van der Waals surface area contributed by atoms with Crippen molar-refractivity contribution in [3.8, 4) is 0 Å². The third-order valence-corrected chi connectivity index (χ3v) is 3.51. The molecule has 1 aromatic carbocycles. The number of ether oxygens (including phenoxy) is 2. The van der Waals surface area contributed by atoms with E-state index in [4.69, 9.17) is 4.74 Å². The van der Waals surface area contributed by atoms with Gasteiger partial charge >= 0.3 is 17.9 Å². The van der Waals surface area contributed by atoms with E-state index >= 15 is 0 Å². The largest absolute Gasteiger partial charge is 0.465 e. The monoisotopic (exact) mass is 371 g/mol. The average Bonchev–Trinajstić information content (AvgIpc) is 2.61. The highest BCUT2D eigenvalue weighted by atomic mass is 19.3. The summed E-state index contributed by atoms with van der Waals surface area (Å²) in [7, 11) is 0. The van der Waals surface area contributed by atoms with E-state index in [1.54, 1.807) is 6.92 Å². The minimum atomic E-state index is -3.87. The van der Waals surface area contributed by atoms with Crippen LogP contribution in [0, 0.1) is 5.92 Å². The van der Waals surface area contributed by atoms with Gasteiger partial charge in [0.05, 0.1) is 19.8 Å². The van der Waals surface area contributed by atoms with Gasteiger partial charge in [-0.2, -0.15) is 8.78 Å². The SMILES string of the molecule is CCOC(=O)C(CCc1ccccc1)C(=O)NCC(F)(F)C(=O)OCC. The molecule has 144 valence electrons. The van der Waals surface area contributed by atoms with E-state index in [1.165, 1.54) is 6.92 Å². The van der Waals surface area contributed by atoms with Crippen molar-refractivity contribution in [2.75, 3.05) is 19.8 Å². The highest BCUT2D eigenvalue weighted by Crippen LogP contribution is 2.16. The number of rotatable bonds is 10. The number of benzene rings is 1. The zero-order valence-electron chi connectivity index (χ0n) is 14.8. The Kier molecular flexibility index (Phi) is 8.67. The first-order valence-electron chi connectivity index (χ1n) is 8.35. The lowest BCUT2D eigenvalue weighted by Gasteiger charge is -2.19. The zero-order chi connectivity index (χ0) is 19.6.